The summed E-state index contributed by atoms with van der Waals surface area (Å²) in [5, 5.41) is 0. The lowest BCUT2D eigenvalue weighted by Crippen LogP contribution is -1.95. The minimum Gasteiger partial charge on any atom is -0.399 e. The average molecular weight is 203 g/mol. The van der Waals surface area contributed by atoms with Crippen LogP contribution in [0.25, 0.3) is 11.4 Å². The van der Waals surface area contributed by atoms with Crippen molar-refractivity contribution in [2.45, 2.75) is 6.92 Å². The predicted octanol–water partition coefficient (Wildman–Crippen LogP) is 2.17. The minimum absolute atomic E-state index is 0.344. The van der Waals surface area contributed by atoms with E-state index in [1.807, 2.05) is 12.1 Å². The van der Waals surface area contributed by atoms with Crippen LogP contribution in [-0.4, -0.2) is 9.97 Å². The van der Waals surface area contributed by atoms with E-state index in [4.69, 9.17) is 5.73 Å². The molecule has 15 heavy (non-hydrogen) atoms. The van der Waals surface area contributed by atoms with Gasteiger partial charge < -0.3 is 5.73 Å². The number of aryl methyl sites for hydroxylation is 1. The molecule has 0 spiro atoms. The summed E-state index contributed by atoms with van der Waals surface area (Å²) in [5.41, 5.74) is 7.41. The fraction of sp³-hybridized carbons (Fsp3) is 0.0909. The summed E-state index contributed by atoms with van der Waals surface area (Å²) in [7, 11) is 0. The van der Waals surface area contributed by atoms with Gasteiger partial charge in [0.15, 0.2) is 11.6 Å². The fourth-order valence-electron chi connectivity index (χ4n) is 1.22. The van der Waals surface area contributed by atoms with Crippen LogP contribution in [-0.2, 0) is 0 Å². The van der Waals surface area contributed by atoms with Gasteiger partial charge in [-0.1, -0.05) is 0 Å². The Morgan fingerprint density at radius 2 is 1.87 bits per heavy atom. The maximum atomic E-state index is 12.9. The first kappa shape index (κ1) is 9.58. The second kappa shape index (κ2) is 3.65. The average Bonchev–Trinajstić information content (AvgIpc) is 2.23. The number of rotatable bonds is 1. The summed E-state index contributed by atoms with van der Waals surface area (Å²) in [6, 6.07) is 7.14. The Balaban J connectivity index is 2.45. The van der Waals surface area contributed by atoms with Gasteiger partial charge in [0.1, 0.15) is 0 Å². The van der Waals surface area contributed by atoms with Gasteiger partial charge in [0.25, 0.3) is 0 Å². The van der Waals surface area contributed by atoms with E-state index >= 15 is 0 Å². The number of anilines is 1. The summed E-state index contributed by atoms with van der Waals surface area (Å²) in [5.74, 6) is 0.114. The van der Waals surface area contributed by atoms with E-state index < -0.39 is 5.82 Å². The lowest BCUT2D eigenvalue weighted by molar-refractivity contribution is 0.602. The van der Waals surface area contributed by atoms with Crippen LogP contribution in [0.1, 0.15) is 5.69 Å². The molecule has 2 rings (SSSR count). The zero-order valence-electron chi connectivity index (χ0n) is 8.24. The summed E-state index contributed by atoms with van der Waals surface area (Å²) in [6.07, 6.45) is 1.17. The van der Waals surface area contributed by atoms with Crippen LogP contribution in [0, 0.1) is 12.7 Å². The zero-order valence-corrected chi connectivity index (χ0v) is 8.24. The van der Waals surface area contributed by atoms with Gasteiger partial charge in [-0.05, 0) is 31.2 Å². The van der Waals surface area contributed by atoms with Gasteiger partial charge in [0.2, 0.25) is 0 Å². The smallest absolute Gasteiger partial charge is 0.162 e. The maximum Gasteiger partial charge on any atom is 0.162 e. The number of halogens is 1. The molecule has 0 amide bonds. The van der Waals surface area contributed by atoms with E-state index in [0.717, 1.165) is 5.56 Å². The Hall–Kier alpha value is -1.97. The number of benzene rings is 1. The minimum atomic E-state index is -0.394. The number of nitrogens with zero attached hydrogens (tertiary/aromatic N) is 2. The quantitative estimate of drug-likeness (QED) is 0.722. The molecule has 76 valence electrons. The van der Waals surface area contributed by atoms with Crippen molar-refractivity contribution < 1.29 is 4.39 Å². The van der Waals surface area contributed by atoms with Crippen molar-refractivity contribution in [2.75, 3.05) is 5.73 Å². The lowest BCUT2D eigenvalue weighted by Gasteiger charge is -2.02. The van der Waals surface area contributed by atoms with E-state index in [1.54, 1.807) is 19.1 Å². The van der Waals surface area contributed by atoms with Gasteiger partial charge in [-0.2, -0.15) is 0 Å². The Labute approximate surface area is 86.8 Å². The molecule has 0 aliphatic rings. The first-order valence-electron chi connectivity index (χ1n) is 4.52. The molecule has 0 fully saturated rings. The molecule has 0 radical (unpaired) electrons. The molecular formula is C11H10FN3. The van der Waals surface area contributed by atoms with E-state index in [1.165, 1.54) is 6.20 Å². The third-order valence-electron chi connectivity index (χ3n) is 2.09. The van der Waals surface area contributed by atoms with Crippen LogP contribution in [0.15, 0.2) is 30.5 Å². The van der Waals surface area contributed by atoms with E-state index in [0.29, 0.717) is 17.2 Å². The summed E-state index contributed by atoms with van der Waals surface area (Å²) in [6.45, 7) is 1.61. The van der Waals surface area contributed by atoms with E-state index in [9.17, 15) is 4.39 Å². The number of aromatic nitrogens is 2. The largest absolute Gasteiger partial charge is 0.399 e. The van der Waals surface area contributed by atoms with Gasteiger partial charge in [0, 0.05) is 11.3 Å². The molecule has 2 aromatic rings. The normalized spacial score (nSPS) is 10.3. The fourth-order valence-corrected chi connectivity index (χ4v) is 1.22. The van der Waals surface area contributed by atoms with Crippen LogP contribution in [0.3, 0.4) is 0 Å². The Bertz CT molecular complexity index is 480. The predicted molar refractivity (Wildman–Crippen MR) is 56.6 cm³/mol. The highest BCUT2D eigenvalue weighted by Gasteiger charge is 2.04. The SMILES string of the molecule is Cc1nc(-c2ccc(N)cc2)ncc1F. The monoisotopic (exact) mass is 203 g/mol. The van der Waals surface area contributed by atoms with Crippen molar-refractivity contribution in [2.24, 2.45) is 0 Å². The second-order valence-electron chi connectivity index (χ2n) is 3.25. The van der Waals surface area contributed by atoms with Crippen molar-refractivity contribution >= 4 is 5.69 Å². The molecule has 0 aliphatic heterocycles. The Kier molecular flexibility index (Phi) is 2.33. The van der Waals surface area contributed by atoms with Crippen molar-refractivity contribution in [3.05, 3.63) is 42.0 Å². The standard InChI is InChI=1S/C11H10FN3/c1-7-10(12)6-14-11(15-7)8-2-4-9(13)5-3-8/h2-6H,13H2,1H3. The van der Waals surface area contributed by atoms with Crippen LogP contribution in [0.4, 0.5) is 10.1 Å². The first-order chi connectivity index (χ1) is 7.16. The molecule has 0 saturated heterocycles. The van der Waals surface area contributed by atoms with Gasteiger partial charge in [0.05, 0.1) is 11.9 Å². The molecule has 1 heterocycles. The zero-order chi connectivity index (χ0) is 10.8. The molecule has 1 aromatic carbocycles. The maximum absolute atomic E-state index is 12.9. The Morgan fingerprint density at radius 3 is 2.47 bits per heavy atom. The van der Waals surface area contributed by atoms with Crippen LogP contribution < -0.4 is 5.73 Å². The third-order valence-corrected chi connectivity index (χ3v) is 2.09. The molecule has 3 nitrogen and oxygen atoms in total. The van der Waals surface area contributed by atoms with Crippen LogP contribution >= 0.6 is 0 Å². The van der Waals surface area contributed by atoms with Crippen LogP contribution in [0.2, 0.25) is 0 Å². The summed E-state index contributed by atoms with van der Waals surface area (Å²) >= 11 is 0. The molecule has 0 unspecified atom stereocenters. The Morgan fingerprint density at radius 1 is 1.20 bits per heavy atom. The van der Waals surface area contributed by atoms with Crippen LogP contribution in [0.5, 0.6) is 0 Å². The van der Waals surface area contributed by atoms with E-state index in [-0.39, 0.29) is 0 Å². The number of hydrogen-bond acceptors (Lipinski definition) is 3. The molecular weight excluding hydrogens is 193 g/mol. The number of nitrogens with two attached hydrogens (primary N) is 1. The van der Waals surface area contributed by atoms with Gasteiger partial charge >= 0.3 is 0 Å². The molecule has 0 bridgehead atoms. The van der Waals surface area contributed by atoms with Gasteiger partial charge in [-0.25, -0.2) is 14.4 Å². The molecule has 0 atom stereocenters. The second-order valence-corrected chi connectivity index (χ2v) is 3.25. The van der Waals surface area contributed by atoms with Crippen molar-refractivity contribution in [3.8, 4) is 11.4 Å². The number of hydrogen-bond donors (Lipinski definition) is 1. The van der Waals surface area contributed by atoms with E-state index in [2.05, 4.69) is 9.97 Å². The van der Waals surface area contributed by atoms with Crippen molar-refractivity contribution in [1.82, 2.24) is 9.97 Å². The molecule has 0 aliphatic carbocycles. The van der Waals surface area contributed by atoms with Crippen molar-refractivity contribution in [1.29, 1.82) is 0 Å². The van der Waals surface area contributed by atoms with Crippen molar-refractivity contribution in [3.63, 3.8) is 0 Å². The summed E-state index contributed by atoms with van der Waals surface area (Å²) in [4.78, 5) is 7.96. The first-order valence-corrected chi connectivity index (χ1v) is 4.52. The third kappa shape index (κ3) is 1.93. The molecule has 2 N–H and O–H groups in total. The highest BCUT2D eigenvalue weighted by molar-refractivity contribution is 5.58. The topological polar surface area (TPSA) is 51.8 Å². The number of nitrogen functional groups attached to an aromatic ring is 1. The highest BCUT2D eigenvalue weighted by Crippen LogP contribution is 2.17. The molecule has 0 saturated carbocycles. The molecule has 4 heteroatoms. The lowest BCUT2D eigenvalue weighted by atomic mass is 10.2. The van der Waals surface area contributed by atoms with Gasteiger partial charge in [-0.15, -0.1) is 0 Å². The van der Waals surface area contributed by atoms with Gasteiger partial charge in [-0.3, -0.25) is 0 Å². The molecule has 1 aromatic heterocycles. The highest BCUT2D eigenvalue weighted by atomic mass is 19.1. The summed E-state index contributed by atoms with van der Waals surface area (Å²) < 4.78 is 12.9.